The smallest absolute Gasteiger partial charge is 0.0575 e. The van der Waals surface area contributed by atoms with E-state index in [1.807, 2.05) is 6.92 Å². The molecule has 0 aromatic carbocycles. The summed E-state index contributed by atoms with van der Waals surface area (Å²) in [4.78, 5) is 2.30. The molecule has 0 aliphatic carbocycles. The van der Waals surface area contributed by atoms with E-state index < -0.39 is 0 Å². The monoisotopic (exact) mass is 201 g/mol. The lowest BCUT2D eigenvalue weighted by Crippen LogP contribution is -2.41. The highest BCUT2D eigenvalue weighted by Gasteiger charge is 2.27. The van der Waals surface area contributed by atoms with E-state index in [2.05, 4.69) is 46.6 Å². The summed E-state index contributed by atoms with van der Waals surface area (Å²) in [6, 6.07) is 0. The first-order valence-corrected chi connectivity index (χ1v) is 5.41. The van der Waals surface area contributed by atoms with Crippen molar-refractivity contribution in [3.63, 3.8) is 0 Å². The minimum atomic E-state index is -0.259. The molecule has 0 aromatic rings. The van der Waals surface area contributed by atoms with Gasteiger partial charge in [-0.2, -0.15) is 0 Å². The Labute approximate surface area is 89.3 Å². The van der Waals surface area contributed by atoms with Gasteiger partial charge in [-0.3, -0.25) is 0 Å². The molecule has 1 atom stereocenters. The van der Waals surface area contributed by atoms with E-state index in [9.17, 15) is 5.11 Å². The van der Waals surface area contributed by atoms with Crippen molar-refractivity contribution >= 4 is 0 Å². The maximum absolute atomic E-state index is 9.60. The third-order valence-electron chi connectivity index (χ3n) is 2.55. The Morgan fingerprint density at radius 1 is 1.07 bits per heavy atom. The molecule has 14 heavy (non-hydrogen) atoms. The molecule has 86 valence electrons. The van der Waals surface area contributed by atoms with Crippen LogP contribution in [0.25, 0.3) is 0 Å². The molecule has 0 radical (unpaired) electrons. The number of aliphatic hydroxyl groups excluding tert-OH is 1. The molecule has 0 aromatic heterocycles. The van der Waals surface area contributed by atoms with Gasteiger partial charge in [0.05, 0.1) is 6.10 Å². The van der Waals surface area contributed by atoms with Crippen LogP contribution in [0.5, 0.6) is 0 Å². The molecule has 0 amide bonds. The molecular formula is C12H27NO. The summed E-state index contributed by atoms with van der Waals surface area (Å²) in [5.41, 5.74) is 0.295. The maximum Gasteiger partial charge on any atom is 0.0575 e. The van der Waals surface area contributed by atoms with Gasteiger partial charge in [-0.05, 0) is 19.4 Å². The highest BCUT2D eigenvalue weighted by Crippen LogP contribution is 2.23. The van der Waals surface area contributed by atoms with Gasteiger partial charge in [0.25, 0.3) is 0 Å². The van der Waals surface area contributed by atoms with Crippen LogP contribution in [0, 0.1) is 10.8 Å². The Balaban J connectivity index is 4.12. The summed E-state index contributed by atoms with van der Waals surface area (Å²) in [5, 5.41) is 9.60. The van der Waals surface area contributed by atoms with E-state index in [0.717, 1.165) is 13.1 Å². The van der Waals surface area contributed by atoms with Crippen molar-refractivity contribution in [3.8, 4) is 0 Å². The second-order valence-electron chi connectivity index (χ2n) is 6.40. The van der Waals surface area contributed by atoms with Crippen molar-refractivity contribution < 1.29 is 5.11 Å². The molecule has 2 nitrogen and oxygen atoms in total. The molecule has 0 bridgehead atoms. The predicted molar refractivity (Wildman–Crippen MR) is 62.4 cm³/mol. The molecule has 1 N–H and O–H groups in total. The SMILES string of the molecule is CC(O)C(C)(C)CN(C)CC(C)(C)C. The summed E-state index contributed by atoms with van der Waals surface area (Å²) >= 11 is 0. The molecule has 1 unspecified atom stereocenters. The van der Waals surface area contributed by atoms with Crippen LogP contribution >= 0.6 is 0 Å². The number of hydrogen-bond donors (Lipinski definition) is 1. The van der Waals surface area contributed by atoms with Crippen LogP contribution in [-0.4, -0.2) is 36.2 Å². The van der Waals surface area contributed by atoms with Crippen LogP contribution < -0.4 is 0 Å². The lowest BCUT2D eigenvalue weighted by Gasteiger charge is -2.35. The minimum Gasteiger partial charge on any atom is -0.393 e. The summed E-state index contributed by atoms with van der Waals surface area (Å²) in [5.74, 6) is 0. The fourth-order valence-corrected chi connectivity index (χ4v) is 1.69. The van der Waals surface area contributed by atoms with E-state index in [4.69, 9.17) is 0 Å². The third kappa shape index (κ3) is 5.61. The van der Waals surface area contributed by atoms with Gasteiger partial charge in [0.1, 0.15) is 0 Å². The normalized spacial score (nSPS) is 16.1. The van der Waals surface area contributed by atoms with Gasteiger partial charge in [-0.1, -0.05) is 34.6 Å². The number of aliphatic hydroxyl groups is 1. The lowest BCUT2D eigenvalue weighted by molar-refractivity contribution is 0.0338. The predicted octanol–water partition coefficient (Wildman–Crippen LogP) is 2.37. The van der Waals surface area contributed by atoms with Crippen molar-refractivity contribution in [2.75, 3.05) is 20.1 Å². The van der Waals surface area contributed by atoms with E-state index >= 15 is 0 Å². The van der Waals surface area contributed by atoms with Gasteiger partial charge in [0, 0.05) is 18.5 Å². The van der Waals surface area contributed by atoms with Crippen molar-refractivity contribution in [2.24, 2.45) is 10.8 Å². The van der Waals surface area contributed by atoms with E-state index in [1.165, 1.54) is 0 Å². The van der Waals surface area contributed by atoms with Crippen molar-refractivity contribution in [1.29, 1.82) is 0 Å². The zero-order chi connectivity index (χ0) is 11.6. The second kappa shape index (κ2) is 4.63. The molecule has 2 heteroatoms. The molecule has 0 rings (SSSR count). The highest BCUT2D eigenvalue weighted by atomic mass is 16.3. The van der Waals surface area contributed by atoms with Gasteiger partial charge in [0.2, 0.25) is 0 Å². The van der Waals surface area contributed by atoms with Gasteiger partial charge < -0.3 is 10.0 Å². The first-order chi connectivity index (χ1) is 6.04. The Kier molecular flexibility index (Phi) is 4.60. The quantitative estimate of drug-likeness (QED) is 0.755. The van der Waals surface area contributed by atoms with Crippen molar-refractivity contribution in [1.82, 2.24) is 4.90 Å². The van der Waals surface area contributed by atoms with Gasteiger partial charge in [-0.25, -0.2) is 0 Å². The third-order valence-corrected chi connectivity index (χ3v) is 2.55. The van der Waals surface area contributed by atoms with Crippen molar-refractivity contribution in [3.05, 3.63) is 0 Å². The summed E-state index contributed by atoms with van der Waals surface area (Å²) in [6.07, 6.45) is -0.259. The van der Waals surface area contributed by atoms with Gasteiger partial charge in [-0.15, -0.1) is 0 Å². The van der Waals surface area contributed by atoms with Crippen molar-refractivity contribution in [2.45, 2.75) is 47.6 Å². The van der Waals surface area contributed by atoms with Crippen LogP contribution in [0.3, 0.4) is 0 Å². The lowest BCUT2D eigenvalue weighted by atomic mass is 9.86. The second-order valence-corrected chi connectivity index (χ2v) is 6.40. The molecule has 0 heterocycles. The van der Waals surface area contributed by atoms with Crippen LogP contribution in [0.1, 0.15) is 41.5 Å². The van der Waals surface area contributed by atoms with Crippen LogP contribution in [0.2, 0.25) is 0 Å². The molecule has 0 saturated heterocycles. The van der Waals surface area contributed by atoms with E-state index in [0.29, 0.717) is 5.41 Å². The Morgan fingerprint density at radius 2 is 1.50 bits per heavy atom. The number of hydrogen-bond acceptors (Lipinski definition) is 2. The Hall–Kier alpha value is -0.0800. The molecule has 0 aliphatic rings. The molecular weight excluding hydrogens is 174 g/mol. The largest absolute Gasteiger partial charge is 0.393 e. The highest BCUT2D eigenvalue weighted by molar-refractivity contribution is 4.79. The number of nitrogens with zero attached hydrogens (tertiary/aromatic N) is 1. The van der Waals surface area contributed by atoms with Gasteiger partial charge in [0.15, 0.2) is 0 Å². The van der Waals surface area contributed by atoms with Crippen LogP contribution in [0.15, 0.2) is 0 Å². The fraction of sp³-hybridized carbons (Fsp3) is 1.00. The Morgan fingerprint density at radius 3 is 1.79 bits per heavy atom. The molecule has 0 fully saturated rings. The zero-order valence-corrected chi connectivity index (χ0v) is 10.9. The number of rotatable bonds is 4. The summed E-state index contributed by atoms with van der Waals surface area (Å²) < 4.78 is 0. The van der Waals surface area contributed by atoms with E-state index in [1.54, 1.807) is 0 Å². The van der Waals surface area contributed by atoms with E-state index in [-0.39, 0.29) is 11.5 Å². The Bertz CT molecular complexity index is 168. The fourth-order valence-electron chi connectivity index (χ4n) is 1.69. The maximum atomic E-state index is 9.60. The zero-order valence-electron chi connectivity index (χ0n) is 10.9. The first-order valence-electron chi connectivity index (χ1n) is 5.41. The van der Waals surface area contributed by atoms with Crippen LogP contribution in [0.4, 0.5) is 0 Å². The first kappa shape index (κ1) is 13.9. The summed E-state index contributed by atoms with van der Waals surface area (Å²) in [6.45, 7) is 14.8. The average Bonchev–Trinajstić information content (AvgIpc) is 1.79. The minimum absolute atomic E-state index is 0.0278. The summed E-state index contributed by atoms with van der Waals surface area (Å²) in [7, 11) is 2.12. The van der Waals surface area contributed by atoms with Crippen LogP contribution in [-0.2, 0) is 0 Å². The molecule has 0 spiro atoms. The molecule has 0 saturated carbocycles. The van der Waals surface area contributed by atoms with Gasteiger partial charge >= 0.3 is 0 Å². The molecule has 0 aliphatic heterocycles. The topological polar surface area (TPSA) is 23.5 Å². The average molecular weight is 201 g/mol. The standard InChI is InChI=1S/C12H27NO/c1-10(14)12(5,6)9-13(7)8-11(2,3)4/h10,14H,8-9H2,1-7H3.